The molecule has 0 aliphatic carbocycles. The maximum Gasteiger partial charge on any atom is 0.265 e. The van der Waals surface area contributed by atoms with Crippen molar-refractivity contribution in [3.8, 4) is 5.75 Å². The third kappa shape index (κ3) is 4.46. The Morgan fingerprint density at radius 2 is 2.19 bits per heavy atom. The molecule has 2 aromatic rings. The normalized spacial score (nSPS) is 11.6. The van der Waals surface area contributed by atoms with Gasteiger partial charge in [-0.15, -0.1) is 0 Å². The Kier molecular flexibility index (Phi) is 5.29. The molecule has 1 heterocycles. The molecule has 0 radical (unpaired) electrons. The van der Waals surface area contributed by atoms with Gasteiger partial charge in [0.1, 0.15) is 10.6 Å². The van der Waals surface area contributed by atoms with Gasteiger partial charge in [-0.05, 0) is 31.0 Å². The van der Waals surface area contributed by atoms with E-state index in [9.17, 15) is 8.42 Å². The zero-order chi connectivity index (χ0) is 15.5. The summed E-state index contributed by atoms with van der Waals surface area (Å²) >= 11 is 3.26. The summed E-state index contributed by atoms with van der Waals surface area (Å²) in [6, 6.07) is 3.23. The molecule has 0 aliphatic rings. The SMILES string of the molecule is Cc1cc(Br)cc(S(=O)(=O)Cl)c1OCCCn1ccnc1. The number of nitrogens with zero attached hydrogens (tertiary/aromatic N) is 2. The molecular formula is C13H14BrClN2O3S. The van der Waals surface area contributed by atoms with E-state index in [2.05, 4.69) is 20.9 Å². The number of imidazole rings is 1. The molecule has 2 rings (SSSR count). The van der Waals surface area contributed by atoms with E-state index in [0.29, 0.717) is 22.4 Å². The topological polar surface area (TPSA) is 61.2 Å². The highest BCUT2D eigenvalue weighted by Crippen LogP contribution is 2.33. The predicted molar refractivity (Wildman–Crippen MR) is 84.3 cm³/mol. The van der Waals surface area contributed by atoms with Gasteiger partial charge in [-0.3, -0.25) is 0 Å². The van der Waals surface area contributed by atoms with Gasteiger partial charge < -0.3 is 9.30 Å². The van der Waals surface area contributed by atoms with Crippen molar-refractivity contribution in [2.24, 2.45) is 0 Å². The number of rotatable bonds is 6. The minimum atomic E-state index is -3.86. The third-order valence-corrected chi connectivity index (χ3v) is 4.62. The highest BCUT2D eigenvalue weighted by atomic mass is 79.9. The Morgan fingerprint density at radius 3 is 2.81 bits per heavy atom. The summed E-state index contributed by atoms with van der Waals surface area (Å²) in [5, 5.41) is 0. The Balaban J connectivity index is 2.08. The first kappa shape index (κ1) is 16.3. The fourth-order valence-corrected chi connectivity index (χ4v) is 3.68. The van der Waals surface area contributed by atoms with Crippen LogP contribution < -0.4 is 4.74 Å². The van der Waals surface area contributed by atoms with Crippen molar-refractivity contribution < 1.29 is 13.2 Å². The van der Waals surface area contributed by atoms with Crippen molar-refractivity contribution in [2.75, 3.05) is 6.61 Å². The summed E-state index contributed by atoms with van der Waals surface area (Å²) in [4.78, 5) is 3.93. The number of aryl methyl sites for hydroxylation is 2. The van der Waals surface area contributed by atoms with E-state index in [1.54, 1.807) is 25.5 Å². The van der Waals surface area contributed by atoms with Crippen LogP contribution in [0.3, 0.4) is 0 Å². The van der Waals surface area contributed by atoms with Gasteiger partial charge in [-0.2, -0.15) is 0 Å². The highest BCUT2D eigenvalue weighted by molar-refractivity contribution is 9.10. The summed E-state index contributed by atoms with van der Waals surface area (Å²) in [6.07, 6.45) is 6.02. The van der Waals surface area contributed by atoms with Gasteiger partial charge in [0.25, 0.3) is 9.05 Å². The van der Waals surface area contributed by atoms with E-state index in [1.165, 1.54) is 6.07 Å². The molecular weight excluding hydrogens is 380 g/mol. The van der Waals surface area contributed by atoms with Gasteiger partial charge in [0.05, 0.1) is 12.9 Å². The number of benzene rings is 1. The van der Waals surface area contributed by atoms with Crippen LogP contribution in [-0.2, 0) is 15.6 Å². The molecule has 0 bridgehead atoms. The molecule has 5 nitrogen and oxygen atoms in total. The molecule has 1 aromatic heterocycles. The lowest BCUT2D eigenvalue weighted by Crippen LogP contribution is -2.06. The first-order valence-corrected chi connectivity index (χ1v) is 9.31. The zero-order valence-electron chi connectivity index (χ0n) is 11.3. The second-order valence-electron chi connectivity index (χ2n) is 4.49. The molecule has 0 amide bonds. The average Bonchev–Trinajstić information content (AvgIpc) is 2.87. The molecule has 8 heteroatoms. The molecule has 0 N–H and O–H groups in total. The molecule has 114 valence electrons. The standard InChI is InChI=1S/C13H14BrClN2O3S/c1-10-7-11(14)8-12(21(15,18)19)13(10)20-6-2-4-17-5-3-16-9-17/h3,5,7-9H,2,4,6H2,1H3. The Bertz CT molecular complexity index is 717. The minimum Gasteiger partial charge on any atom is -0.492 e. The Hall–Kier alpha value is -1.05. The number of hydrogen-bond acceptors (Lipinski definition) is 4. The van der Waals surface area contributed by atoms with E-state index in [1.807, 2.05) is 10.8 Å². The van der Waals surface area contributed by atoms with Gasteiger partial charge in [0, 0.05) is 34.1 Å². The number of hydrogen-bond donors (Lipinski definition) is 0. The van der Waals surface area contributed by atoms with E-state index < -0.39 is 9.05 Å². The van der Waals surface area contributed by atoms with Crippen molar-refractivity contribution in [3.05, 3.63) is 40.9 Å². The van der Waals surface area contributed by atoms with Crippen LogP contribution in [0.15, 0.2) is 40.2 Å². The van der Waals surface area contributed by atoms with Crippen LogP contribution in [0.1, 0.15) is 12.0 Å². The monoisotopic (exact) mass is 392 g/mol. The van der Waals surface area contributed by atoms with Crippen molar-refractivity contribution >= 4 is 35.7 Å². The lowest BCUT2D eigenvalue weighted by atomic mass is 10.2. The predicted octanol–water partition coefficient (Wildman–Crippen LogP) is 3.35. The quantitative estimate of drug-likeness (QED) is 0.558. The van der Waals surface area contributed by atoms with E-state index >= 15 is 0 Å². The average molecular weight is 394 g/mol. The number of ether oxygens (including phenoxy) is 1. The lowest BCUT2D eigenvalue weighted by molar-refractivity contribution is 0.292. The Labute approximate surface area is 136 Å². The van der Waals surface area contributed by atoms with Gasteiger partial charge in [-0.1, -0.05) is 15.9 Å². The molecule has 0 atom stereocenters. The summed E-state index contributed by atoms with van der Waals surface area (Å²) < 4.78 is 31.5. The summed E-state index contributed by atoms with van der Waals surface area (Å²) in [5.41, 5.74) is 0.714. The molecule has 1 aromatic carbocycles. The van der Waals surface area contributed by atoms with E-state index in [4.69, 9.17) is 15.4 Å². The van der Waals surface area contributed by atoms with Crippen LogP contribution in [0.2, 0.25) is 0 Å². The molecule has 21 heavy (non-hydrogen) atoms. The minimum absolute atomic E-state index is 0.0151. The van der Waals surface area contributed by atoms with Gasteiger partial charge >= 0.3 is 0 Å². The molecule has 0 aliphatic heterocycles. The van der Waals surface area contributed by atoms with Gasteiger partial charge in [-0.25, -0.2) is 13.4 Å². The van der Waals surface area contributed by atoms with Gasteiger partial charge in [0.2, 0.25) is 0 Å². The molecule has 0 unspecified atom stereocenters. The zero-order valence-corrected chi connectivity index (χ0v) is 14.4. The molecule has 0 saturated carbocycles. The Morgan fingerprint density at radius 1 is 1.43 bits per heavy atom. The maximum atomic E-state index is 11.6. The molecule has 0 fully saturated rings. The third-order valence-electron chi connectivity index (χ3n) is 2.83. The highest BCUT2D eigenvalue weighted by Gasteiger charge is 2.19. The largest absolute Gasteiger partial charge is 0.492 e. The van der Waals surface area contributed by atoms with Crippen LogP contribution >= 0.6 is 26.6 Å². The van der Waals surface area contributed by atoms with Gasteiger partial charge in [0.15, 0.2) is 0 Å². The lowest BCUT2D eigenvalue weighted by Gasteiger charge is -2.13. The molecule has 0 spiro atoms. The van der Waals surface area contributed by atoms with Crippen molar-refractivity contribution in [1.29, 1.82) is 0 Å². The van der Waals surface area contributed by atoms with Crippen LogP contribution in [0.25, 0.3) is 0 Å². The molecule has 0 saturated heterocycles. The fraction of sp³-hybridized carbons (Fsp3) is 0.308. The fourth-order valence-electron chi connectivity index (χ4n) is 1.91. The first-order chi connectivity index (χ1) is 9.88. The number of halogens is 2. The summed E-state index contributed by atoms with van der Waals surface area (Å²) in [6.45, 7) is 2.92. The van der Waals surface area contributed by atoms with Crippen LogP contribution in [0.4, 0.5) is 0 Å². The maximum absolute atomic E-state index is 11.6. The summed E-state index contributed by atoms with van der Waals surface area (Å²) in [7, 11) is 1.60. The smallest absolute Gasteiger partial charge is 0.265 e. The first-order valence-electron chi connectivity index (χ1n) is 6.21. The summed E-state index contributed by atoms with van der Waals surface area (Å²) in [5.74, 6) is 0.304. The van der Waals surface area contributed by atoms with Crippen LogP contribution in [-0.4, -0.2) is 24.6 Å². The van der Waals surface area contributed by atoms with Crippen molar-refractivity contribution in [1.82, 2.24) is 9.55 Å². The van der Waals surface area contributed by atoms with Crippen LogP contribution in [0.5, 0.6) is 5.75 Å². The second-order valence-corrected chi connectivity index (χ2v) is 7.94. The van der Waals surface area contributed by atoms with Crippen molar-refractivity contribution in [2.45, 2.75) is 24.8 Å². The van der Waals surface area contributed by atoms with Crippen LogP contribution in [0, 0.1) is 6.92 Å². The number of aromatic nitrogens is 2. The van der Waals surface area contributed by atoms with E-state index in [0.717, 1.165) is 13.0 Å². The van der Waals surface area contributed by atoms with E-state index in [-0.39, 0.29) is 4.90 Å². The second kappa shape index (κ2) is 6.81. The van der Waals surface area contributed by atoms with Crippen molar-refractivity contribution in [3.63, 3.8) is 0 Å².